The van der Waals surface area contributed by atoms with E-state index in [2.05, 4.69) is 6.92 Å². The molecule has 0 unspecified atom stereocenters. The van der Waals surface area contributed by atoms with Crippen molar-refractivity contribution in [3.05, 3.63) is 64.7 Å². The summed E-state index contributed by atoms with van der Waals surface area (Å²) in [6.45, 7) is 2.98. The van der Waals surface area contributed by atoms with Crippen LogP contribution < -0.4 is 4.74 Å². The van der Waals surface area contributed by atoms with E-state index in [4.69, 9.17) is 14.7 Å². The maximum absolute atomic E-state index is 13.7. The Morgan fingerprint density at radius 2 is 1.73 bits per heavy atom. The third-order valence-electron chi connectivity index (χ3n) is 5.48. The van der Waals surface area contributed by atoms with Crippen molar-refractivity contribution >= 4 is 5.97 Å². The van der Waals surface area contributed by atoms with Gasteiger partial charge in [-0.2, -0.15) is 5.26 Å². The Morgan fingerprint density at radius 1 is 1.10 bits per heavy atom. The summed E-state index contributed by atoms with van der Waals surface area (Å²) in [5.41, 5.74) is 0.749. The quantitative estimate of drug-likeness (QED) is 0.322. The predicted molar refractivity (Wildman–Crippen MR) is 108 cm³/mol. The number of esters is 1. The highest BCUT2D eigenvalue weighted by molar-refractivity contribution is 5.91. The molecule has 0 spiro atoms. The molecular weight excluding hydrogens is 388 g/mol. The maximum atomic E-state index is 13.7. The van der Waals surface area contributed by atoms with Crippen LogP contribution in [0.1, 0.15) is 72.9 Å². The Hall–Kier alpha value is -2.78. The van der Waals surface area contributed by atoms with E-state index in [-0.39, 0.29) is 5.75 Å². The molecule has 0 radical (unpaired) electrons. The van der Waals surface area contributed by atoms with Crippen molar-refractivity contribution in [3.63, 3.8) is 0 Å². The van der Waals surface area contributed by atoms with Crippen LogP contribution in [-0.4, -0.2) is 18.7 Å². The molecule has 1 fully saturated rings. The van der Waals surface area contributed by atoms with Gasteiger partial charge in [-0.3, -0.25) is 0 Å². The summed E-state index contributed by atoms with van der Waals surface area (Å²) >= 11 is 0. The molecule has 30 heavy (non-hydrogen) atoms. The van der Waals surface area contributed by atoms with Crippen LogP contribution in [0.4, 0.5) is 8.78 Å². The summed E-state index contributed by atoms with van der Waals surface area (Å²) in [4.78, 5) is 12.3. The minimum absolute atomic E-state index is 0.278. The minimum Gasteiger partial charge on any atom is -0.423 e. The van der Waals surface area contributed by atoms with E-state index in [9.17, 15) is 13.6 Å². The van der Waals surface area contributed by atoms with Crippen molar-refractivity contribution in [1.29, 1.82) is 5.26 Å². The van der Waals surface area contributed by atoms with Crippen LogP contribution in [0.3, 0.4) is 0 Å². The minimum atomic E-state index is -1.06. The Balaban J connectivity index is 1.57. The van der Waals surface area contributed by atoms with E-state index >= 15 is 0 Å². The van der Waals surface area contributed by atoms with Gasteiger partial charge in [0.05, 0.1) is 11.7 Å². The average Bonchev–Trinajstić information content (AvgIpc) is 2.74. The van der Waals surface area contributed by atoms with E-state index in [0.29, 0.717) is 17.6 Å². The van der Waals surface area contributed by atoms with Crippen molar-refractivity contribution in [1.82, 2.24) is 0 Å². The Morgan fingerprint density at radius 3 is 2.30 bits per heavy atom. The molecule has 0 aliphatic heterocycles. The molecule has 0 atom stereocenters. The molecule has 2 aromatic carbocycles. The van der Waals surface area contributed by atoms with Gasteiger partial charge in [-0.05, 0) is 55.7 Å². The molecule has 2 aromatic rings. The lowest BCUT2D eigenvalue weighted by atomic mass is 9.82. The number of rotatable bonds is 7. The van der Waals surface area contributed by atoms with Crippen LogP contribution in [0, 0.1) is 23.0 Å². The van der Waals surface area contributed by atoms with E-state index in [1.807, 2.05) is 12.1 Å². The summed E-state index contributed by atoms with van der Waals surface area (Å²) in [5, 5.41) is 8.70. The fourth-order valence-corrected chi connectivity index (χ4v) is 3.73. The molecule has 1 saturated carbocycles. The van der Waals surface area contributed by atoms with Crippen molar-refractivity contribution in [2.45, 2.75) is 57.5 Å². The first-order valence-electron chi connectivity index (χ1n) is 10.3. The molecular formula is C24H25F2NO3. The summed E-state index contributed by atoms with van der Waals surface area (Å²) in [6, 6.07) is 10.2. The van der Waals surface area contributed by atoms with Gasteiger partial charge in [-0.1, -0.05) is 25.5 Å². The molecule has 3 rings (SSSR count). The van der Waals surface area contributed by atoms with Crippen LogP contribution >= 0.6 is 0 Å². The molecule has 6 heteroatoms. The third kappa shape index (κ3) is 5.43. The smallest absolute Gasteiger partial charge is 0.343 e. The molecule has 0 saturated heterocycles. The number of carbonyl (C=O) groups excluding carboxylic acids is 1. The summed E-state index contributed by atoms with van der Waals surface area (Å²) in [6.07, 6.45) is 6.74. The largest absolute Gasteiger partial charge is 0.423 e. The standard InChI is InChI=1S/C24H25F2NO3/c1-2-3-12-29-19-10-8-17(9-11-19)16-4-6-18(7-5-16)24(28)30-20-13-22(25)21(15-27)23(26)14-20/h4-7,13-14,17,19H,2-3,8-12H2,1H3. The number of nitriles is 1. The highest BCUT2D eigenvalue weighted by atomic mass is 19.1. The van der Waals surface area contributed by atoms with Crippen LogP contribution in [0.25, 0.3) is 0 Å². The van der Waals surface area contributed by atoms with Crippen molar-refractivity contribution in [3.8, 4) is 11.8 Å². The van der Waals surface area contributed by atoms with Crippen molar-refractivity contribution in [2.75, 3.05) is 6.61 Å². The molecule has 4 nitrogen and oxygen atoms in total. The topological polar surface area (TPSA) is 59.3 Å². The third-order valence-corrected chi connectivity index (χ3v) is 5.48. The number of unbranched alkanes of at least 4 members (excludes halogenated alkanes) is 1. The van der Waals surface area contributed by atoms with E-state index in [1.54, 1.807) is 12.1 Å². The number of ether oxygens (including phenoxy) is 2. The van der Waals surface area contributed by atoms with Crippen molar-refractivity contribution in [2.24, 2.45) is 0 Å². The molecule has 1 aliphatic rings. The first-order valence-corrected chi connectivity index (χ1v) is 10.3. The molecule has 1 aliphatic carbocycles. The maximum Gasteiger partial charge on any atom is 0.343 e. The zero-order valence-corrected chi connectivity index (χ0v) is 17.0. The molecule has 158 valence electrons. The van der Waals surface area contributed by atoms with Gasteiger partial charge in [0.2, 0.25) is 0 Å². The SMILES string of the molecule is CCCCOC1CCC(c2ccc(C(=O)Oc3cc(F)c(C#N)c(F)c3)cc2)CC1. The second-order valence-electron chi connectivity index (χ2n) is 7.58. The normalized spacial score (nSPS) is 18.6. The molecule has 0 heterocycles. The Kier molecular flexibility index (Phi) is 7.53. The molecule has 0 aromatic heterocycles. The number of hydrogen-bond acceptors (Lipinski definition) is 4. The van der Waals surface area contributed by atoms with Gasteiger partial charge in [0.1, 0.15) is 29.0 Å². The fraction of sp³-hybridized carbons (Fsp3) is 0.417. The molecule has 0 N–H and O–H groups in total. The van der Waals surface area contributed by atoms with E-state index in [1.165, 1.54) is 6.07 Å². The fourth-order valence-electron chi connectivity index (χ4n) is 3.73. The first-order chi connectivity index (χ1) is 14.5. The van der Waals surface area contributed by atoms with Crippen LogP contribution in [-0.2, 0) is 4.74 Å². The summed E-state index contributed by atoms with van der Waals surface area (Å²) in [5.74, 6) is -2.68. The van der Waals surface area contributed by atoms with Gasteiger partial charge in [0, 0.05) is 18.7 Å². The van der Waals surface area contributed by atoms with Gasteiger partial charge in [-0.25, -0.2) is 13.6 Å². The average molecular weight is 413 g/mol. The Bertz CT molecular complexity index is 890. The number of halogens is 2. The second kappa shape index (κ2) is 10.3. The second-order valence-corrected chi connectivity index (χ2v) is 7.58. The highest BCUT2D eigenvalue weighted by Crippen LogP contribution is 2.34. The Labute approximate surface area is 175 Å². The van der Waals surface area contributed by atoms with Gasteiger partial charge in [0.15, 0.2) is 0 Å². The summed E-state index contributed by atoms with van der Waals surface area (Å²) in [7, 11) is 0. The summed E-state index contributed by atoms with van der Waals surface area (Å²) < 4.78 is 38.3. The zero-order chi connectivity index (χ0) is 21.5. The van der Waals surface area contributed by atoms with Crippen LogP contribution in [0.2, 0.25) is 0 Å². The lowest BCUT2D eigenvalue weighted by molar-refractivity contribution is 0.0232. The predicted octanol–water partition coefficient (Wildman–Crippen LogP) is 5.90. The van der Waals surface area contributed by atoms with Gasteiger partial charge in [0.25, 0.3) is 0 Å². The van der Waals surface area contributed by atoms with Crippen LogP contribution in [0.5, 0.6) is 5.75 Å². The van der Waals surface area contributed by atoms with Crippen LogP contribution in [0.15, 0.2) is 36.4 Å². The van der Waals surface area contributed by atoms with Gasteiger partial charge < -0.3 is 9.47 Å². The van der Waals surface area contributed by atoms with E-state index in [0.717, 1.165) is 62.8 Å². The van der Waals surface area contributed by atoms with Crippen molar-refractivity contribution < 1.29 is 23.0 Å². The highest BCUT2D eigenvalue weighted by Gasteiger charge is 2.23. The van der Waals surface area contributed by atoms with E-state index < -0.39 is 23.2 Å². The molecule has 0 amide bonds. The first kappa shape index (κ1) is 21.9. The van der Waals surface area contributed by atoms with Gasteiger partial charge in [-0.15, -0.1) is 0 Å². The van der Waals surface area contributed by atoms with Gasteiger partial charge >= 0.3 is 5.97 Å². The zero-order valence-electron chi connectivity index (χ0n) is 17.0. The monoisotopic (exact) mass is 413 g/mol. The number of nitrogens with zero attached hydrogens (tertiary/aromatic N) is 1. The molecule has 0 bridgehead atoms. The number of hydrogen-bond donors (Lipinski definition) is 0. The number of benzene rings is 2. The number of carbonyl (C=O) groups is 1. The lowest BCUT2D eigenvalue weighted by Gasteiger charge is -2.29. The lowest BCUT2D eigenvalue weighted by Crippen LogP contribution is -2.21.